The number of nitrogens with zero attached hydrogens (tertiary/aromatic N) is 3. The molecule has 1 aromatic heterocycles. The molecular formula is C17H21FN4O2. The minimum absolute atomic E-state index is 0.168. The largest absolute Gasteiger partial charge is 0.340 e. The second-order valence-corrected chi connectivity index (χ2v) is 6.07. The zero-order chi connectivity index (χ0) is 16.9. The highest BCUT2D eigenvalue weighted by Gasteiger charge is 2.20. The zero-order valence-corrected chi connectivity index (χ0v) is 13.7. The Morgan fingerprint density at radius 2 is 2.21 bits per heavy atom. The molecule has 7 heteroatoms. The number of hydrogen-bond donors (Lipinski definition) is 1. The smallest absolute Gasteiger partial charge is 0.226 e. The quantitative estimate of drug-likeness (QED) is 0.907. The Labute approximate surface area is 140 Å². The molecule has 0 saturated carbocycles. The number of carbonyl (C=O) groups excluding carboxylic acids is 1. The molecule has 1 aliphatic rings. The molecule has 2 heterocycles. The van der Waals surface area contributed by atoms with Crippen molar-refractivity contribution < 1.29 is 13.7 Å². The number of amides is 1. The summed E-state index contributed by atoms with van der Waals surface area (Å²) in [5.74, 6) is 0.799. The van der Waals surface area contributed by atoms with Gasteiger partial charge in [0, 0.05) is 44.1 Å². The summed E-state index contributed by atoms with van der Waals surface area (Å²) in [5.41, 5.74) is 0.706. The van der Waals surface area contributed by atoms with E-state index < -0.39 is 0 Å². The second-order valence-electron chi connectivity index (χ2n) is 6.07. The number of aryl methyl sites for hydroxylation is 1. The van der Waals surface area contributed by atoms with Crippen LogP contribution in [0.4, 0.5) is 4.39 Å². The summed E-state index contributed by atoms with van der Waals surface area (Å²) in [7, 11) is 0. The van der Waals surface area contributed by atoms with E-state index in [1.807, 2.05) is 4.90 Å². The fourth-order valence-electron chi connectivity index (χ4n) is 2.78. The van der Waals surface area contributed by atoms with E-state index in [0.717, 1.165) is 19.6 Å². The molecule has 0 bridgehead atoms. The first-order chi connectivity index (χ1) is 11.6. The number of carbonyl (C=O) groups is 1. The third-order valence-corrected chi connectivity index (χ3v) is 4.07. The Balaban J connectivity index is 1.49. The van der Waals surface area contributed by atoms with Gasteiger partial charge in [0.2, 0.25) is 17.6 Å². The van der Waals surface area contributed by atoms with Crippen molar-refractivity contribution in [3.8, 4) is 11.4 Å². The minimum atomic E-state index is -0.303. The summed E-state index contributed by atoms with van der Waals surface area (Å²) in [5, 5.41) is 7.22. The highest BCUT2D eigenvalue weighted by Crippen LogP contribution is 2.17. The summed E-state index contributed by atoms with van der Waals surface area (Å²) >= 11 is 0. The van der Waals surface area contributed by atoms with Crippen LogP contribution >= 0.6 is 0 Å². The van der Waals surface area contributed by atoms with E-state index >= 15 is 0 Å². The number of piperazine rings is 1. The van der Waals surface area contributed by atoms with Crippen molar-refractivity contribution in [2.45, 2.75) is 32.2 Å². The third kappa shape index (κ3) is 4.17. The van der Waals surface area contributed by atoms with Gasteiger partial charge in [-0.15, -0.1) is 0 Å². The number of halogens is 1. The molecule has 1 aliphatic heterocycles. The minimum Gasteiger partial charge on any atom is -0.340 e. The predicted molar refractivity (Wildman–Crippen MR) is 86.7 cm³/mol. The molecule has 1 atom stereocenters. The molecule has 0 aliphatic carbocycles. The van der Waals surface area contributed by atoms with Gasteiger partial charge in [-0.2, -0.15) is 4.98 Å². The first-order valence-corrected chi connectivity index (χ1v) is 8.21. The molecule has 1 N–H and O–H groups in total. The molecule has 24 heavy (non-hydrogen) atoms. The van der Waals surface area contributed by atoms with Crippen LogP contribution in [0.25, 0.3) is 11.4 Å². The maximum absolute atomic E-state index is 12.9. The van der Waals surface area contributed by atoms with Gasteiger partial charge in [0.1, 0.15) is 5.82 Å². The average molecular weight is 332 g/mol. The lowest BCUT2D eigenvalue weighted by molar-refractivity contribution is -0.132. The Morgan fingerprint density at radius 3 is 2.96 bits per heavy atom. The van der Waals surface area contributed by atoms with Gasteiger partial charge in [-0.05, 0) is 37.6 Å². The fourth-order valence-corrected chi connectivity index (χ4v) is 2.78. The Bertz CT molecular complexity index is 686. The van der Waals surface area contributed by atoms with Crippen molar-refractivity contribution in [1.82, 2.24) is 20.4 Å². The van der Waals surface area contributed by atoms with Crippen molar-refractivity contribution in [2.24, 2.45) is 0 Å². The molecule has 1 saturated heterocycles. The second kappa shape index (κ2) is 7.53. The predicted octanol–water partition coefficient (Wildman–Crippen LogP) is 2.02. The van der Waals surface area contributed by atoms with Crippen LogP contribution in [0.5, 0.6) is 0 Å². The average Bonchev–Trinajstić information content (AvgIpc) is 3.04. The monoisotopic (exact) mass is 332 g/mol. The van der Waals surface area contributed by atoms with Crippen LogP contribution in [0.2, 0.25) is 0 Å². The molecule has 1 aromatic carbocycles. The molecule has 6 nitrogen and oxygen atoms in total. The van der Waals surface area contributed by atoms with Gasteiger partial charge in [-0.1, -0.05) is 5.16 Å². The van der Waals surface area contributed by atoms with Gasteiger partial charge in [-0.25, -0.2) is 4.39 Å². The molecule has 0 radical (unpaired) electrons. The first-order valence-electron chi connectivity index (χ1n) is 8.21. The van der Waals surface area contributed by atoms with Crippen molar-refractivity contribution >= 4 is 5.91 Å². The lowest BCUT2D eigenvalue weighted by Crippen LogP contribution is -2.51. The summed E-state index contributed by atoms with van der Waals surface area (Å²) in [6.45, 7) is 4.44. The van der Waals surface area contributed by atoms with Crippen molar-refractivity contribution in [3.63, 3.8) is 0 Å². The number of rotatable bonds is 5. The highest BCUT2D eigenvalue weighted by molar-refractivity contribution is 5.76. The van der Waals surface area contributed by atoms with E-state index in [-0.39, 0.29) is 11.7 Å². The summed E-state index contributed by atoms with van der Waals surface area (Å²) < 4.78 is 18.1. The maximum Gasteiger partial charge on any atom is 0.226 e. The van der Waals surface area contributed by atoms with Crippen molar-refractivity contribution in [3.05, 3.63) is 36.0 Å². The van der Waals surface area contributed by atoms with E-state index in [2.05, 4.69) is 22.4 Å². The van der Waals surface area contributed by atoms with Crippen molar-refractivity contribution in [1.29, 1.82) is 0 Å². The number of nitrogens with one attached hydrogen (secondary N) is 1. The topological polar surface area (TPSA) is 71.3 Å². The van der Waals surface area contributed by atoms with Gasteiger partial charge >= 0.3 is 0 Å². The molecule has 1 amide bonds. The highest BCUT2D eigenvalue weighted by atomic mass is 19.1. The Morgan fingerprint density at radius 1 is 1.42 bits per heavy atom. The number of benzene rings is 1. The zero-order valence-electron chi connectivity index (χ0n) is 13.7. The maximum atomic E-state index is 12.9. The van der Waals surface area contributed by atoms with E-state index in [1.54, 1.807) is 12.1 Å². The van der Waals surface area contributed by atoms with Gasteiger partial charge in [0.15, 0.2) is 0 Å². The van der Waals surface area contributed by atoms with Gasteiger partial charge in [0.05, 0.1) is 0 Å². The van der Waals surface area contributed by atoms with E-state index in [0.29, 0.717) is 42.6 Å². The fraction of sp³-hybridized carbons (Fsp3) is 0.471. The molecule has 3 rings (SSSR count). The van der Waals surface area contributed by atoms with E-state index in [9.17, 15) is 9.18 Å². The van der Waals surface area contributed by atoms with E-state index in [4.69, 9.17) is 4.52 Å². The van der Waals surface area contributed by atoms with Gasteiger partial charge in [-0.3, -0.25) is 4.79 Å². The van der Waals surface area contributed by atoms with Gasteiger partial charge in [0.25, 0.3) is 0 Å². The standard InChI is InChI=1S/C17H21FN4O2/c1-12-11-22(10-9-19-12)16(23)4-2-3-15-20-17(21-24-15)13-5-7-14(18)8-6-13/h5-8,12,19H,2-4,9-11H2,1H3/t12-/m1/s1. The Hall–Kier alpha value is -2.28. The lowest BCUT2D eigenvalue weighted by atomic mass is 10.2. The van der Waals surface area contributed by atoms with Crippen LogP contribution in [-0.2, 0) is 11.2 Å². The molecule has 128 valence electrons. The van der Waals surface area contributed by atoms with Crippen LogP contribution in [-0.4, -0.2) is 46.6 Å². The summed E-state index contributed by atoms with van der Waals surface area (Å²) in [6.07, 6.45) is 1.70. The van der Waals surface area contributed by atoms with Crippen LogP contribution in [0.3, 0.4) is 0 Å². The van der Waals surface area contributed by atoms with Crippen LogP contribution in [0.15, 0.2) is 28.8 Å². The first kappa shape index (κ1) is 16.6. The van der Waals surface area contributed by atoms with Crippen molar-refractivity contribution in [2.75, 3.05) is 19.6 Å². The molecular weight excluding hydrogens is 311 g/mol. The molecule has 2 aromatic rings. The van der Waals surface area contributed by atoms with E-state index in [1.165, 1.54) is 12.1 Å². The van der Waals surface area contributed by atoms with Crippen LogP contribution in [0, 0.1) is 5.82 Å². The molecule has 0 unspecified atom stereocenters. The van der Waals surface area contributed by atoms with Crippen LogP contribution in [0.1, 0.15) is 25.7 Å². The number of aromatic nitrogens is 2. The summed E-state index contributed by atoms with van der Waals surface area (Å²) in [6, 6.07) is 6.28. The Kier molecular flexibility index (Phi) is 5.20. The summed E-state index contributed by atoms with van der Waals surface area (Å²) in [4.78, 5) is 18.4. The molecule has 1 fully saturated rings. The van der Waals surface area contributed by atoms with Gasteiger partial charge < -0.3 is 14.7 Å². The molecule has 0 spiro atoms. The third-order valence-electron chi connectivity index (χ3n) is 4.07. The lowest BCUT2D eigenvalue weighted by Gasteiger charge is -2.31. The normalized spacial score (nSPS) is 17.9. The number of hydrogen-bond acceptors (Lipinski definition) is 5. The SMILES string of the molecule is C[C@@H]1CN(C(=O)CCCc2nc(-c3ccc(F)cc3)no2)CCN1. The van der Waals surface area contributed by atoms with Crippen LogP contribution < -0.4 is 5.32 Å².